The third-order valence-corrected chi connectivity index (χ3v) is 1.66. The molecule has 2 rings (SSSR count). The van der Waals surface area contributed by atoms with Gasteiger partial charge in [-0.2, -0.15) is 8.42 Å². The van der Waals surface area contributed by atoms with Crippen LogP contribution in [-0.2, 0) is 10.4 Å². The van der Waals surface area contributed by atoms with Crippen LogP contribution in [0, 0.1) is 0 Å². The first kappa shape index (κ1) is 15.6. The Kier molecular flexibility index (Phi) is 6.82. The Hall–Kier alpha value is -0.430. The number of rotatable bonds is 0. The minimum absolute atomic E-state index is 0. The van der Waals surface area contributed by atoms with Crippen molar-refractivity contribution in [2.24, 2.45) is 0 Å². The van der Waals surface area contributed by atoms with Crippen molar-refractivity contribution in [3.05, 3.63) is 48.5 Å². The first-order valence-corrected chi connectivity index (χ1v) is 5.50. The summed E-state index contributed by atoms with van der Waals surface area (Å²) < 4.78 is 31.6. The van der Waals surface area contributed by atoms with Gasteiger partial charge in [0.2, 0.25) is 0 Å². The molecule has 0 radical (unpaired) electrons. The molecule has 0 aromatic heterocycles. The molecule has 0 fully saturated rings. The fraction of sp³-hybridized carbons (Fsp3) is 0. The molecule has 0 spiro atoms. The van der Waals surface area contributed by atoms with Gasteiger partial charge in [0.1, 0.15) is 0 Å². The average Bonchev–Trinajstić information content (AvgIpc) is 2.40. The Morgan fingerprint density at radius 1 is 0.750 bits per heavy atom. The standard InChI is InChI=1S/C10H8.Na.H2O4S.H/c1-2-5-9-7-4-8-10(9)6-3-1;;1-5(2,3)4;/h1-8H;;(H2,1,2,3,4);. The minimum atomic E-state index is -4.67. The van der Waals surface area contributed by atoms with Gasteiger partial charge in [-0.3, -0.25) is 9.11 Å². The number of fused-ring (bicyclic) bond motifs is 1. The van der Waals surface area contributed by atoms with E-state index in [4.69, 9.17) is 17.5 Å². The summed E-state index contributed by atoms with van der Waals surface area (Å²) >= 11 is 0. The van der Waals surface area contributed by atoms with Crippen LogP contribution in [0.5, 0.6) is 0 Å². The van der Waals surface area contributed by atoms with E-state index in [-0.39, 0.29) is 29.6 Å². The molecule has 82 valence electrons. The predicted octanol–water partition coefficient (Wildman–Crippen LogP) is 1.49. The largest absolute Gasteiger partial charge is 0.0622 e. The summed E-state index contributed by atoms with van der Waals surface area (Å²) in [7, 11) is -4.67. The summed E-state index contributed by atoms with van der Waals surface area (Å²) in [4.78, 5) is 0. The van der Waals surface area contributed by atoms with E-state index in [1.54, 1.807) is 0 Å². The quantitative estimate of drug-likeness (QED) is 0.548. The van der Waals surface area contributed by atoms with Crippen molar-refractivity contribution in [3.63, 3.8) is 0 Å². The predicted molar refractivity (Wildman–Crippen MR) is 64.4 cm³/mol. The van der Waals surface area contributed by atoms with E-state index in [1.807, 2.05) is 6.07 Å². The third-order valence-electron chi connectivity index (χ3n) is 1.66. The van der Waals surface area contributed by atoms with E-state index in [1.165, 1.54) is 11.1 Å². The van der Waals surface area contributed by atoms with Gasteiger partial charge in [-0.25, -0.2) is 0 Å². The van der Waals surface area contributed by atoms with Gasteiger partial charge in [0.15, 0.2) is 0 Å². The van der Waals surface area contributed by atoms with Crippen molar-refractivity contribution in [1.82, 2.24) is 0 Å². The van der Waals surface area contributed by atoms with Crippen LogP contribution in [0.3, 0.4) is 0 Å². The maximum absolute atomic E-state index is 8.74. The number of hydrogen-bond donors (Lipinski definition) is 2. The molecule has 2 aliphatic rings. The second-order valence-corrected chi connectivity index (χ2v) is 3.69. The molecule has 0 heterocycles. The van der Waals surface area contributed by atoms with Crippen molar-refractivity contribution < 1.29 is 17.5 Å². The molecule has 0 saturated heterocycles. The van der Waals surface area contributed by atoms with Crippen LogP contribution in [0.4, 0.5) is 0 Å². The van der Waals surface area contributed by atoms with Crippen molar-refractivity contribution >= 4 is 40.0 Å². The van der Waals surface area contributed by atoms with Crippen molar-refractivity contribution in [3.8, 4) is 11.1 Å². The van der Waals surface area contributed by atoms with Gasteiger partial charge in [-0.15, -0.1) is 0 Å². The van der Waals surface area contributed by atoms with Crippen LogP contribution in [0.2, 0.25) is 0 Å². The van der Waals surface area contributed by atoms with Crippen molar-refractivity contribution in [2.45, 2.75) is 0 Å². The third kappa shape index (κ3) is 6.95. The topological polar surface area (TPSA) is 74.6 Å². The molecule has 16 heavy (non-hydrogen) atoms. The Bertz CT molecular complexity index is 462. The molecule has 0 saturated carbocycles. The van der Waals surface area contributed by atoms with Gasteiger partial charge >= 0.3 is 40.0 Å². The van der Waals surface area contributed by atoms with Crippen LogP contribution in [-0.4, -0.2) is 47.1 Å². The van der Waals surface area contributed by atoms with E-state index in [9.17, 15) is 0 Å². The smallest absolute Gasteiger partial charge is 0.0184 e. The fourth-order valence-corrected chi connectivity index (χ4v) is 1.13. The van der Waals surface area contributed by atoms with Crippen molar-refractivity contribution in [2.75, 3.05) is 0 Å². The van der Waals surface area contributed by atoms with E-state index < -0.39 is 10.4 Å². The van der Waals surface area contributed by atoms with Gasteiger partial charge in [-0.1, -0.05) is 48.5 Å². The van der Waals surface area contributed by atoms with Gasteiger partial charge < -0.3 is 0 Å². The summed E-state index contributed by atoms with van der Waals surface area (Å²) in [5.41, 5.74) is 2.62. The van der Waals surface area contributed by atoms with Gasteiger partial charge in [0.25, 0.3) is 0 Å². The maximum Gasteiger partial charge on any atom is -0.0184 e. The maximum atomic E-state index is 8.74. The fourth-order valence-electron chi connectivity index (χ4n) is 1.13. The molecular weight excluding hydrogens is 239 g/mol. The second kappa shape index (κ2) is 7.01. The van der Waals surface area contributed by atoms with E-state index in [0.29, 0.717) is 0 Å². The van der Waals surface area contributed by atoms with Gasteiger partial charge in [-0.05, 0) is 11.1 Å². The average molecular weight is 250 g/mol. The van der Waals surface area contributed by atoms with Gasteiger partial charge in [0, 0.05) is 0 Å². The van der Waals surface area contributed by atoms with Crippen molar-refractivity contribution in [1.29, 1.82) is 0 Å². The first-order valence-electron chi connectivity index (χ1n) is 4.10. The molecule has 0 aromatic carbocycles. The Morgan fingerprint density at radius 3 is 1.44 bits per heavy atom. The molecule has 2 N–H and O–H groups in total. The molecule has 0 unspecified atom stereocenters. The molecule has 0 aromatic rings. The second-order valence-electron chi connectivity index (χ2n) is 2.79. The molecule has 0 amide bonds. The Morgan fingerprint density at radius 2 is 1.06 bits per heavy atom. The molecular formula is C10H11NaO4S. The normalized spacial score (nSPS) is 9.88. The Labute approximate surface area is 117 Å². The zero-order valence-corrected chi connectivity index (χ0v) is 8.55. The minimum Gasteiger partial charge on any atom is -0.0622 e. The summed E-state index contributed by atoms with van der Waals surface area (Å²) in [5.74, 6) is 0. The summed E-state index contributed by atoms with van der Waals surface area (Å²) in [6, 6.07) is 16.7. The monoisotopic (exact) mass is 250 g/mol. The molecule has 0 atom stereocenters. The summed E-state index contributed by atoms with van der Waals surface area (Å²) in [6.45, 7) is 0. The van der Waals surface area contributed by atoms with Gasteiger partial charge in [0.05, 0.1) is 0 Å². The summed E-state index contributed by atoms with van der Waals surface area (Å²) in [6.07, 6.45) is 0. The van der Waals surface area contributed by atoms with E-state index in [0.717, 1.165) is 0 Å². The molecule has 2 aliphatic carbocycles. The van der Waals surface area contributed by atoms with E-state index in [2.05, 4.69) is 42.5 Å². The van der Waals surface area contributed by atoms with E-state index >= 15 is 0 Å². The Balaban J connectivity index is 0.000000330. The van der Waals surface area contributed by atoms with Crippen LogP contribution in [0.25, 0.3) is 11.1 Å². The zero-order chi connectivity index (χ0) is 11.3. The molecule has 0 aliphatic heterocycles. The number of hydrogen-bond acceptors (Lipinski definition) is 2. The zero-order valence-electron chi connectivity index (χ0n) is 7.74. The van der Waals surface area contributed by atoms with Crippen LogP contribution >= 0.6 is 0 Å². The molecule has 0 bridgehead atoms. The van der Waals surface area contributed by atoms with Crippen LogP contribution in [0.15, 0.2) is 48.5 Å². The summed E-state index contributed by atoms with van der Waals surface area (Å²) in [5, 5.41) is 0. The molecule has 6 heteroatoms. The van der Waals surface area contributed by atoms with Crippen LogP contribution < -0.4 is 0 Å². The first-order chi connectivity index (χ1) is 6.97. The SMILES string of the molecule is O=S(=O)(O)O.[NaH].c1ccc2cccc-2cc1. The van der Waals surface area contributed by atoms with Crippen LogP contribution in [0.1, 0.15) is 0 Å². The molecule has 4 nitrogen and oxygen atoms in total.